The number of anilines is 1. The van der Waals surface area contributed by atoms with Crippen molar-refractivity contribution in [2.75, 3.05) is 18.5 Å². The van der Waals surface area contributed by atoms with E-state index < -0.39 is 11.6 Å². The fraction of sp³-hybridized carbons (Fsp3) is 0.227. The molecule has 2 aromatic carbocycles. The van der Waals surface area contributed by atoms with Crippen molar-refractivity contribution in [2.45, 2.75) is 20.3 Å². The van der Waals surface area contributed by atoms with Gasteiger partial charge < -0.3 is 15.2 Å². The molecule has 6 heteroatoms. The Morgan fingerprint density at radius 1 is 1.07 bits per heavy atom. The highest BCUT2D eigenvalue weighted by Gasteiger charge is 2.33. The van der Waals surface area contributed by atoms with Crippen LogP contribution in [0.25, 0.3) is 5.76 Å². The monoisotopic (exact) mass is 379 g/mol. The molecule has 144 valence electrons. The van der Waals surface area contributed by atoms with Gasteiger partial charge in [-0.25, -0.2) is 4.79 Å². The van der Waals surface area contributed by atoms with E-state index in [0.717, 1.165) is 11.3 Å². The summed E-state index contributed by atoms with van der Waals surface area (Å²) in [5, 5.41) is 13.7. The highest BCUT2D eigenvalue weighted by Crippen LogP contribution is 2.31. The molecule has 0 fully saturated rings. The van der Waals surface area contributed by atoms with Gasteiger partial charge in [0.05, 0.1) is 12.2 Å². The maximum absolute atomic E-state index is 12.4. The van der Waals surface area contributed by atoms with E-state index >= 15 is 0 Å². The van der Waals surface area contributed by atoms with Gasteiger partial charge in [0.25, 0.3) is 0 Å². The van der Waals surface area contributed by atoms with E-state index in [-0.39, 0.29) is 29.3 Å². The van der Waals surface area contributed by atoms with Crippen LogP contribution >= 0.6 is 0 Å². The summed E-state index contributed by atoms with van der Waals surface area (Å²) in [5.74, 6) is -1.78. The number of nitrogens with one attached hydrogen (secondary N) is 1. The summed E-state index contributed by atoms with van der Waals surface area (Å²) in [6.45, 7) is 4.19. The maximum Gasteiger partial charge on any atom is 0.338 e. The van der Waals surface area contributed by atoms with Crippen molar-refractivity contribution in [3.8, 4) is 0 Å². The van der Waals surface area contributed by atoms with Gasteiger partial charge in [0.2, 0.25) is 11.6 Å². The third-order valence-corrected chi connectivity index (χ3v) is 4.62. The number of aliphatic hydroxyl groups is 1. The molecule has 1 aliphatic rings. The normalized spacial score (nSPS) is 13.4. The zero-order valence-electron chi connectivity index (χ0n) is 15.7. The molecule has 1 aliphatic carbocycles. The molecule has 0 radical (unpaired) electrons. The first-order valence-corrected chi connectivity index (χ1v) is 9.06. The Morgan fingerprint density at radius 3 is 2.46 bits per heavy atom. The number of aryl methyl sites for hydroxylation is 1. The maximum atomic E-state index is 12.4. The summed E-state index contributed by atoms with van der Waals surface area (Å²) in [6.07, 6.45) is 0.198. The van der Waals surface area contributed by atoms with E-state index in [1.165, 1.54) is 0 Å². The first-order valence-electron chi connectivity index (χ1n) is 9.06. The van der Waals surface area contributed by atoms with Gasteiger partial charge in [-0.15, -0.1) is 0 Å². The number of carbonyl (C=O) groups excluding carboxylic acids is 3. The Balaban J connectivity index is 1.71. The Hall–Kier alpha value is -3.41. The zero-order chi connectivity index (χ0) is 20.3. The molecule has 3 rings (SSSR count). The second-order valence-electron chi connectivity index (χ2n) is 6.46. The fourth-order valence-corrected chi connectivity index (χ4v) is 3.19. The minimum Gasteiger partial charge on any atom is -0.507 e. The fourth-order valence-electron chi connectivity index (χ4n) is 3.19. The number of benzene rings is 2. The summed E-state index contributed by atoms with van der Waals surface area (Å²) in [6, 6.07) is 11.8. The average molecular weight is 379 g/mol. The van der Waals surface area contributed by atoms with Gasteiger partial charge >= 0.3 is 5.97 Å². The molecule has 6 nitrogen and oxygen atoms in total. The molecular formula is C22H21NO5. The molecule has 0 bridgehead atoms. The molecule has 2 aromatic rings. The predicted octanol–water partition coefficient (Wildman–Crippen LogP) is 3.71. The third kappa shape index (κ3) is 3.67. The number of fused-ring (bicyclic) bond motifs is 1. The van der Waals surface area contributed by atoms with Crippen LogP contribution in [0.2, 0.25) is 0 Å². The van der Waals surface area contributed by atoms with Crippen molar-refractivity contribution < 1.29 is 24.2 Å². The van der Waals surface area contributed by atoms with Crippen molar-refractivity contribution in [1.29, 1.82) is 0 Å². The number of Topliss-reactive ketones (excluding diaryl/α,β-unsaturated/α-hetero) is 2. The third-order valence-electron chi connectivity index (χ3n) is 4.62. The van der Waals surface area contributed by atoms with Crippen LogP contribution in [0.4, 0.5) is 5.69 Å². The van der Waals surface area contributed by atoms with Gasteiger partial charge in [0.15, 0.2) is 0 Å². The highest BCUT2D eigenvalue weighted by atomic mass is 16.5. The minimum absolute atomic E-state index is 0.113. The van der Waals surface area contributed by atoms with Crippen LogP contribution in [-0.4, -0.2) is 35.8 Å². The molecule has 28 heavy (non-hydrogen) atoms. The Bertz CT molecular complexity index is 973. The van der Waals surface area contributed by atoms with E-state index in [2.05, 4.69) is 5.32 Å². The quantitative estimate of drug-likeness (QED) is 0.587. The van der Waals surface area contributed by atoms with E-state index in [4.69, 9.17) is 4.74 Å². The number of rotatable bonds is 6. The number of ether oxygens (including phenoxy) is 1. The van der Waals surface area contributed by atoms with Crippen molar-refractivity contribution in [1.82, 2.24) is 0 Å². The van der Waals surface area contributed by atoms with Gasteiger partial charge in [-0.1, -0.05) is 18.2 Å². The van der Waals surface area contributed by atoms with Crippen molar-refractivity contribution in [3.05, 3.63) is 70.3 Å². The van der Waals surface area contributed by atoms with Crippen LogP contribution in [0.3, 0.4) is 0 Å². The zero-order valence-corrected chi connectivity index (χ0v) is 15.7. The summed E-state index contributed by atoms with van der Waals surface area (Å²) in [4.78, 5) is 36.4. The number of esters is 1. The van der Waals surface area contributed by atoms with E-state index in [1.54, 1.807) is 56.3 Å². The molecule has 0 heterocycles. The summed E-state index contributed by atoms with van der Waals surface area (Å²) < 4.78 is 4.94. The standard InChI is InChI=1S/C22H21NO5/c1-3-28-22(27)14-7-9-15(10-8-14)23-12-11-17-19(24)18-13(2)5-4-6-16(18)20(25)21(17)26/h4-10,23-24H,3,11-12H2,1-2H3. The van der Waals surface area contributed by atoms with E-state index in [1.807, 2.05) is 0 Å². The number of hydrogen-bond donors (Lipinski definition) is 2. The highest BCUT2D eigenvalue weighted by molar-refractivity contribution is 6.52. The average Bonchev–Trinajstić information content (AvgIpc) is 2.69. The van der Waals surface area contributed by atoms with Crippen molar-refractivity contribution in [2.24, 2.45) is 0 Å². The molecule has 0 spiro atoms. The lowest BCUT2D eigenvalue weighted by atomic mass is 9.85. The molecule has 0 unspecified atom stereocenters. The number of hydrogen-bond acceptors (Lipinski definition) is 6. The van der Waals surface area contributed by atoms with Crippen molar-refractivity contribution in [3.63, 3.8) is 0 Å². The van der Waals surface area contributed by atoms with E-state index in [9.17, 15) is 19.5 Å². The molecule has 0 saturated heterocycles. The number of carbonyl (C=O) groups is 3. The van der Waals surface area contributed by atoms with Crippen LogP contribution < -0.4 is 5.32 Å². The summed E-state index contributed by atoms with van der Waals surface area (Å²) in [7, 11) is 0. The summed E-state index contributed by atoms with van der Waals surface area (Å²) in [5.41, 5.74) is 2.74. The molecule has 0 saturated carbocycles. The second-order valence-corrected chi connectivity index (χ2v) is 6.46. The van der Waals surface area contributed by atoms with Gasteiger partial charge in [0, 0.05) is 28.9 Å². The second kappa shape index (κ2) is 8.08. The van der Waals surface area contributed by atoms with Gasteiger partial charge in [-0.05, 0) is 50.1 Å². The Morgan fingerprint density at radius 2 is 1.79 bits per heavy atom. The summed E-state index contributed by atoms with van der Waals surface area (Å²) >= 11 is 0. The smallest absolute Gasteiger partial charge is 0.338 e. The molecule has 2 N–H and O–H groups in total. The largest absolute Gasteiger partial charge is 0.507 e. The number of aliphatic hydroxyl groups excluding tert-OH is 1. The Labute approximate surface area is 162 Å². The van der Waals surface area contributed by atoms with Gasteiger partial charge in [-0.2, -0.15) is 0 Å². The molecule has 0 aromatic heterocycles. The van der Waals surface area contributed by atoms with E-state index in [0.29, 0.717) is 24.3 Å². The topological polar surface area (TPSA) is 92.7 Å². The lowest BCUT2D eigenvalue weighted by molar-refractivity contribution is -0.112. The number of ketones is 2. The molecule has 0 atom stereocenters. The van der Waals surface area contributed by atoms with Crippen LogP contribution in [-0.2, 0) is 9.53 Å². The van der Waals surface area contributed by atoms with Crippen LogP contribution in [0.5, 0.6) is 0 Å². The predicted molar refractivity (Wildman–Crippen MR) is 106 cm³/mol. The lowest BCUT2D eigenvalue weighted by Crippen LogP contribution is -2.25. The van der Waals surface area contributed by atoms with Crippen LogP contribution in [0.1, 0.15) is 45.2 Å². The van der Waals surface area contributed by atoms with Gasteiger partial charge in [-0.3, -0.25) is 9.59 Å². The Kier molecular flexibility index (Phi) is 5.59. The molecule has 0 aliphatic heterocycles. The first kappa shape index (κ1) is 19.4. The van der Waals surface area contributed by atoms with Crippen molar-refractivity contribution >= 4 is 29.0 Å². The molecular weight excluding hydrogens is 358 g/mol. The van der Waals surface area contributed by atoms with Crippen LogP contribution in [0.15, 0.2) is 48.0 Å². The minimum atomic E-state index is -0.671. The molecule has 0 amide bonds. The first-order chi connectivity index (χ1) is 13.4. The van der Waals surface area contributed by atoms with Gasteiger partial charge in [0.1, 0.15) is 5.76 Å². The SMILES string of the molecule is CCOC(=O)c1ccc(NCCC2=C(O)c3c(C)cccc3C(=O)C2=O)cc1. The lowest BCUT2D eigenvalue weighted by Gasteiger charge is -2.19. The van der Waals surface area contributed by atoms with Crippen LogP contribution in [0, 0.1) is 6.92 Å².